The fourth-order valence-corrected chi connectivity index (χ4v) is 7.49. The predicted molar refractivity (Wildman–Crippen MR) is 62.8 cm³/mol. The van der Waals surface area contributed by atoms with Crippen LogP contribution in [-0.4, -0.2) is 59.3 Å². The molecule has 0 aromatic rings. The molecule has 30 heavy (non-hydrogen) atoms. The monoisotopic (exact) mass is 546 g/mol. The summed E-state index contributed by atoms with van der Waals surface area (Å²) < 4.78 is 237. The van der Waals surface area contributed by atoms with Crippen LogP contribution in [0.3, 0.4) is 0 Å². The Morgan fingerprint density at radius 1 is 0.533 bits per heavy atom. The van der Waals surface area contributed by atoms with E-state index in [1.807, 2.05) is 0 Å². The minimum absolute atomic E-state index is 6.19. The van der Waals surface area contributed by atoms with Crippen LogP contribution in [-0.2, 0) is 30.5 Å². The Morgan fingerprint density at radius 2 is 0.800 bits per heavy atom. The number of halogens is 15. The van der Waals surface area contributed by atoms with Crippen LogP contribution in [0.25, 0.3) is 0 Å². The van der Waals surface area contributed by atoms with Gasteiger partial charge in [-0.15, -0.1) is 0 Å². The number of sulfone groups is 2. The molecule has 0 N–H and O–H groups in total. The first-order valence-corrected chi connectivity index (χ1v) is 10.0. The summed E-state index contributed by atoms with van der Waals surface area (Å²) in [6.07, 6.45) is -7.70. The summed E-state index contributed by atoms with van der Waals surface area (Å²) in [7, 11) is -23.4. The summed E-state index contributed by atoms with van der Waals surface area (Å²) in [6, 6.07) is 0. The number of rotatable bonds is 6. The molecule has 5 nitrogen and oxygen atoms in total. The third kappa shape index (κ3) is 4.19. The molecule has 0 aliphatic heterocycles. The number of alkyl halides is 15. The Kier molecular flexibility index (Phi) is 7.02. The Bertz CT molecular complexity index is 846. The molecule has 23 heteroatoms. The average Bonchev–Trinajstić information content (AvgIpc) is 2.42. The number of hydrogen-bond acceptors (Lipinski definition) is 5. The van der Waals surface area contributed by atoms with Crippen LogP contribution in [0.15, 0.2) is 0 Å². The van der Waals surface area contributed by atoms with Gasteiger partial charge in [-0.05, 0) is 0 Å². The van der Waals surface area contributed by atoms with Crippen LogP contribution < -0.4 is 0 Å². The van der Waals surface area contributed by atoms with Gasteiger partial charge in [-0.25, -0.2) is 16.8 Å². The molecule has 0 rings (SSSR count). The van der Waals surface area contributed by atoms with Gasteiger partial charge in [0.25, 0.3) is 23.6 Å². The van der Waals surface area contributed by atoms with Crippen LogP contribution in [0.4, 0.5) is 65.9 Å². The van der Waals surface area contributed by atoms with E-state index in [4.69, 9.17) is 0 Å². The zero-order chi connectivity index (χ0) is 25.2. The van der Waals surface area contributed by atoms with Gasteiger partial charge in [0, 0.05) is 0 Å². The second-order valence-electron chi connectivity index (χ2n) is 4.73. The van der Waals surface area contributed by atoms with E-state index in [0.717, 1.165) is 0 Å². The van der Waals surface area contributed by atoms with Crippen molar-refractivity contribution in [2.75, 3.05) is 0 Å². The van der Waals surface area contributed by atoms with Crippen LogP contribution in [0.1, 0.15) is 0 Å². The van der Waals surface area contributed by atoms with Crippen molar-refractivity contribution in [3.63, 3.8) is 0 Å². The lowest BCUT2D eigenvalue weighted by molar-refractivity contribution is -0.381. The SMILES string of the molecule is O=[S@](C(S(=O)(=O)C(F)(F)F)S(=O)(=O)C(F)(F)F)C(F)(F)C(F)(F)C(F)(F)C(F)(F)F. The molecule has 0 unspecified atom stereocenters. The van der Waals surface area contributed by atoms with Crippen molar-refractivity contribution in [2.24, 2.45) is 0 Å². The molecular weight excluding hydrogens is 545 g/mol. The molecule has 0 spiro atoms. The number of hydrogen-bond donors (Lipinski definition) is 0. The molecular formula is C7HF15O5S3. The van der Waals surface area contributed by atoms with Crippen molar-refractivity contribution in [2.45, 2.75) is 38.2 Å². The van der Waals surface area contributed by atoms with E-state index in [0.29, 0.717) is 0 Å². The predicted octanol–water partition coefficient (Wildman–Crippen LogP) is 3.31. The van der Waals surface area contributed by atoms with Gasteiger partial charge in [-0.2, -0.15) is 65.9 Å². The lowest BCUT2D eigenvalue weighted by atomic mass is 10.1. The summed E-state index contributed by atoms with van der Waals surface area (Å²) in [5, 5.41) is -7.92. The molecule has 0 saturated heterocycles. The van der Waals surface area contributed by atoms with Gasteiger partial charge in [-0.1, -0.05) is 0 Å². The Morgan fingerprint density at radius 3 is 1.00 bits per heavy atom. The first-order chi connectivity index (χ1) is 12.5. The molecule has 0 aliphatic rings. The Balaban J connectivity index is 7.19. The summed E-state index contributed by atoms with van der Waals surface area (Å²) in [4.78, 5) is 0. The third-order valence-electron chi connectivity index (χ3n) is 2.70. The van der Waals surface area contributed by atoms with Crippen LogP contribution in [0.2, 0.25) is 0 Å². The van der Waals surface area contributed by atoms with Crippen molar-refractivity contribution in [3.05, 3.63) is 0 Å². The quantitative estimate of drug-likeness (QED) is 0.478. The normalized spacial score (nSPS) is 17.3. The van der Waals surface area contributed by atoms with E-state index in [9.17, 15) is 86.9 Å². The van der Waals surface area contributed by atoms with Crippen molar-refractivity contribution in [1.29, 1.82) is 0 Å². The van der Waals surface area contributed by atoms with Gasteiger partial charge in [0.2, 0.25) is 0 Å². The topological polar surface area (TPSA) is 85.3 Å². The van der Waals surface area contributed by atoms with E-state index in [1.54, 1.807) is 0 Å². The molecule has 0 fully saturated rings. The molecule has 0 aromatic carbocycles. The standard InChI is InChI=1S/C7HF15O5S3/c8-2(9,4(12,13)14)3(10,11)5(15,16)28(23)1(29(24,25)6(17,18)19)30(26,27)7(20,21)22/h1H/t28-/m1/s1. The maximum absolute atomic E-state index is 13.4. The highest BCUT2D eigenvalue weighted by Gasteiger charge is 2.85. The van der Waals surface area contributed by atoms with E-state index in [-0.39, 0.29) is 0 Å². The van der Waals surface area contributed by atoms with Gasteiger partial charge in [0.05, 0.1) is 0 Å². The Hall–Kier alpha value is -1.00. The first-order valence-electron chi connectivity index (χ1n) is 5.74. The second-order valence-corrected chi connectivity index (χ2v) is 11.3. The van der Waals surface area contributed by atoms with E-state index in [2.05, 4.69) is 0 Å². The first kappa shape index (κ1) is 29.0. The zero-order valence-electron chi connectivity index (χ0n) is 12.5. The molecule has 0 bridgehead atoms. The summed E-state index contributed by atoms with van der Waals surface area (Å²) in [6.45, 7) is 0. The van der Waals surface area contributed by atoms with Gasteiger partial charge in [0.15, 0.2) is 0 Å². The van der Waals surface area contributed by atoms with Crippen LogP contribution in [0.5, 0.6) is 0 Å². The van der Waals surface area contributed by atoms with Crippen molar-refractivity contribution < 1.29 is 86.9 Å². The van der Waals surface area contributed by atoms with Crippen LogP contribution in [0, 0.1) is 0 Å². The summed E-state index contributed by atoms with van der Waals surface area (Å²) in [5.41, 5.74) is -14.7. The maximum Gasteiger partial charge on any atom is 0.499 e. The highest BCUT2D eigenvalue weighted by Crippen LogP contribution is 2.55. The summed E-state index contributed by atoms with van der Waals surface area (Å²) >= 11 is 0. The van der Waals surface area contributed by atoms with Gasteiger partial charge in [-0.3, -0.25) is 4.21 Å². The van der Waals surface area contributed by atoms with E-state index < -0.39 is 68.7 Å². The van der Waals surface area contributed by atoms with Crippen LogP contribution >= 0.6 is 0 Å². The minimum Gasteiger partial charge on any atom is -0.251 e. The summed E-state index contributed by atoms with van der Waals surface area (Å²) in [5.74, 6) is -16.2. The molecule has 0 radical (unpaired) electrons. The van der Waals surface area contributed by atoms with Gasteiger partial charge < -0.3 is 0 Å². The lowest BCUT2D eigenvalue weighted by Gasteiger charge is -2.34. The van der Waals surface area contributed by atoms with Crippen molar-refractivity contribution in [3.8, 4) is 0 Å². The largest absolute Gasteiger partial charge is 0.499 e. The highest BCUT2D eigenvalue weighted by atomic mass is 32.3. The van der Waals surface area contributed by atoms with E-state index >= 15 is 0 Å². The highest BCUT2D eigenvalue weighted by molar-refractivity contribution is 8.23. The fourth-order valence-electron chi connectivity index (χ4n) is 1.22. The molecule has 1 atom stereocenters. The third-order valence-corrected chi connectivity index (χ3v) is 10.2. The van der Waals surface area contributed by atoms with Crippen molar-refractivity contribution >= 4 is 30.5 Å². The molecule has 0 amide bonds. The lowest BCUT2D eigenvalue weighted by Crippen LogP contribution is -2.64. The van der Waals surface area contributed by atoms with E-state index in [1.165, 1.54) is 0 Å². The van der Waals surface area contributed by atoms with Crippen molar-refractivity contribution in [1.82, 2.24) is 0 Å². The molecule has 0 aromatic heterocycles. The maximum atomic E-state index is 13.4. The molecule has 0 aliphatic carbocycles. The smallest absolute Gasteiger partial charge is 0.251 e. The molecule has 182 valence electrons. The molecule has 0 heterocycles. The average molecular weight is 546 g/mol. The second kappa shape index (κ2) is 7.27. The van der Waals surface area contributed by atoms with Gasteiger partial charge in [0.1, 0.15) is 10.8 Å². The minimum atomic E-state index is -8.35. The van der Waals surface area contributed by atoms with Gasteiger partial charge >= 0.3 is 34.3 Å². The molecule has 0 saturated carbocycles. The Labute approximate surface area is 156 Å². The fraction of sp³-hybridized carbons (Fsp3) is 1.00. The zero-order valence-corrected chi connectivity index (χ0v) is 15.0.